The number of piperazine rings is 1. The van der Waals surface area contributed by atoms with Gasteiger partial charge in [0.15, 0.2) is 0 Å². The van der Waals surface area contributed by atoms with Gasteiger partial charge in [-0.25, -0.2) is 0 Å². The molecule has 0 bridgehead atoms. The summed E-state index contributed by atoms with van der Waals surface area (Å²) in [6.45, 7) is 4.70. The number of hydrogen-bond acceptors (Lipinski definition) is 2. The van der Waals surface area contributed by atoms with Crippen molar-refractivity contribution in [2.24, 2.45) is 0 Å². The van der Waals surface area contributed by atoms with Crippen LogP contribution in [0.4, 0.5) is 0 Å². The summed E-state index contributed by atoms with van der Waals surface area (Å²) in [5.41, 5.74) is 3.18. The van der Waals surface area contributed by atoms with Crippen LogP contribution in [0.3, 0.4) is 0 Å². The molecule has 0 spiro atoms. The smallest absolute Gasteiger partial charge is 0.0140 e. The summed E-state index contributed by atoms with van der Waals surface area (Å²) >= 11 is 0. The lowest BCUT2D eigenvalue weighted by Gasteiger charge is -2.38. The second-order valence-electron chi connectivity index (χ2n) is 7.27. The maximum atomic E-state index is 3.47. The van der Waals surface area contributed by atoms with Crippen molar-refractivity contribution in [3.05, 3.63) is 59.7 Å². The van der Waals surface area contributed by atoms with E-state index < -0.39 is 0 Å². The molecular weight excluding hydrogens is 292 g/mol. The topological polar surface area (TPSA) is 15.3 Å². The Bertz CT molecular complexity index is 893. The first-order valence-electron chi connectivity index (χ1n) is 9.27. The van der Waals surface area contributed by atoms with E-state index in [4.69, 9.17) is 0 Å². The van der Waals surface area contributed by atoms with Gasteiger partial charge >= 0.3 is 0 Å². The summed E-state index contributed by atoms with van der Waals surface area (Å²) < 4.78 is 0. The second kappa shape index (κ2) is 5.87. The molecule has 0 saturated carbocycles. The fourth-order valence-electron chi connectivity index (χ4n) is 4.71. The Balaban J connectivity index is 1.56. The highest BCUT2D eigenvalue weighted by molar-refractivity contribution is 6.08. The van der Waals surface area contributed by atoms with Crippen LogP contribution in [0, 0.1) is 0 Å². The van der Waals surface area contributed by atoms with Crippen LogP contribution < -0.4 is 5.32 Å². The maximum absolute atomic E-state index is 3.47. The third kappa shape index (κ3) is 2.33. The fraction of sp³-hybridized carbons (Fsp3) is 0.364. The van der Waals surface area contributed by atoms with E-state index in [1.165, 1.54) is 53.9 Å². The highest BCUT2D eigenvalue weighted by Gasteiger charge is 2.26. The van der Waals surface area contributed by atoms with Crippen molar-refractivity contribution < 1.29 is 0 Å². The number of fused-ring (bicyclic) bond motifs is 5. The SMILES string of the molecule is c1ccc2c(c1)ccc1c3c(ccc12)CC(N1CCNCC1)CC3. The van der Waals surface area contributed by atoms with Crippen LogP contribution in [0.5, 0.6) is 0 Å². The summed E-state index contributed by atoms with van der Waals surface area (Å²) in [7, 11) is 0. The Morgan fingerprint density at radius 3 is 2.58 bits per heavy atom. The number of hydrogen-bond donors (Lipinski definition) is 1. The van der Waals surface area contributed by atoms with E-state index in [-0.39, 0.29) is 0 Å². The molecule has 1 atom stereocenters. The zero-order valence-electron chi connectivity index (χ0n) is 14.1. The Labute approximate surface area is 143 Å². The molecule has 3 aromatic rings. The Hall–Kier alpha value is -1.90. The van der Waals surface area contributed by atoms with Gasteiger partial charge in [0.1, 0.15) is 0 Å². The summed E-state index contributed by atoms with van der Waals surface area (Å²) in [4.78, 5) is 2.70. The lowest BCUT2D eigenvalue weighted by molar-refractivity contribution is 0.159. The van der Waals surface area contributed by atoms with E-state index in [0.717, 1.165) is 19.1 Å². The molecule has 1 unspecified atom stereocenters. The molecule has 1 heterocycles. The molecule has 24 heavy (non-hydrogen) atoms. The third-order valence-corrected chi connectivity index (χ3v) is 5.99. The normalized spacial score (nSPS) is 21.9. The third-order valence-electron chi connectivity index (χ3n) is 5.99. The number of aryl methyl sites for hydroxylation is 1. The quantitative estimate of drug-likeness (QED) is 0.688. The van der Waals surface area contributed by atoms with Crippen LogP contribution in [0.25, 0.3) is 21.5 Å². The van der Waals surface area contributed by atoms with Gasteiger partial charge in [-0.2, -0.15) is 0 Å². The molecule has 0 amide bonds. The molecule has 1 aliphatic carbocycles. The van der Waals surface area contributed by atoms with Crippen LogP contribution in [-0.4, -0.2) is 37.1 Å². The average Bonchev–Trinajstić information content (AvgIpc) is 2.67. The van der Waals surface area contributed by atoms with Gasteiger partial charge in [0, 0.05) is 32.2 Å². The van der Waals surface area contributed by atoms with Crippen LogP contribution in [0.1, 0.15) is 17.5 Å². The van der Waals surface area contributed by atoms with Crippen LogP contribution in [0.15, 0.2) is 48.5 Å². The van der Waals surface area contributed by atoms with E-state index in [0.29, 0.717) is 0 Å². The van der Waals surface area contributed by atoms with Gasteiger partial charge in [0.25, 0.3) is 0 Å². The minimum atomic E-state index is 0.734. The number of benzene rings is 3. The zero-order valence-corrected chi connectivity index (χ0v) is 14.1. The first-order chi connectivity index (χ1) is 11.9. The highest BCUT2D eigenvalue weighted by Crippen LogP contribution is 2.34. The van der Waals surface area contributed by atoms with Crippen molar-refractivity contribution in [1.82, 2.24) is 10.2 Å². The molecule has 1 aliphatic heterocycles. The molecule has 1 saturated heterocycles. The average molecular weight is 316 g/mol. The van der Waals surface area contributed by atoms with E-state index >= 15 is 0 Å². The van der Waals surface area contributed by atoms with Crippen LogP contribution in [-0.2, 0) is 12.8 Å². The molecule has 1 fully saturated rings. The number of nitrogens with zero attached hydrogens (tertiary/aromatic N) is 1. The fourth-order valence-corrected chi connectivity index (χ4v) is 4.71. The van der Waals surface area contributed by atoms with Crippen molar-refractivity contribution in [2.75, 3.05) is 26.2 Å². The number of nitrogens with one attached hydrogen (secondary N) is 1. The summed E-state index contributed by atoms with van der Waals surface area (Å²) in [6, 6.07) is 18.9. The molecule has 0 aromatic heterocycles. The van der Waals surface area contributed by atoms with Crippen LogP contribution >= 0.6 is 0 Å². The predicted molar refractivity (Wildman–Crippen MR) is 102 cm³/mol. The monoisotopic (exact) mass is 316 g/mol. The van der Waals surface area contributed by atoms with Gasteiger partial charge in [-0.05, 0) is 51.9 Å². The van der Waals surface area contributed by atoms with E-state index in [1.54, 1.807) is 11.1 Å². The molecule has 1 N–H and O–H groups in total. The molecule has 2 aliphatic rings. The van der Waals surface area contributed by atoms with Crippen molar-refractivity contribution in [1.29, 1.82) is 0 Å². The van der Waals surface area contributed by atoms with Gasteiger partial charge < -0.3 is 5.32 Å². The Morgan fingerprint density at radius 2 is 1.67 bits per heavy atom. The highest BCUT2D eigenvalue weighted by atomic mass is 15.2. The molecular formula is C22H24N2. The van der Waals surface area contributed by atoms with Crippen LogP contribution in [0.2, 0.25) is 0 Å². The molecule has 3 aromatic carbocycles. The predicted octanol–water partition coefficient (Wildman–Crippen LogP) is 3.76. The lowest BCUT2D eigenvalue weighted by atomic mass is 9.83. The standard InChI is InChI=1S/C22H24N2/c1-2-4-19-16(3-1)5-8-22-20-10-7-18(24-13-11-23-12-14-24)15-17(20)6-9-21(19)22/h1-6,8-9,18,23H,7,10-15H2. The summed E-state index contributed by atoms with van der Waals surface area (Å²) in [5.74, 6) is 0. The number of rotatable bonds is 1. The Morgan fingerprint density at radius 1 is 0.833 bits per heavy atom. The first kappa shape index (κ1) is 14.4. The minimum absolute atomic E-state index is 0.734. The summed E-state index contributed by atoms with van der Waals surface area (Å²) in [6.07, 6.45) is 3.75. The van der Waals surface area contributed by atoms with Gasteiger partial charge in [0.05, 0.1) is 0 Å². The Kier molecular flexibility index (Phi) is 3.53. The van der Waals surface area contributed by atoms with E-state index in [1.807, 2.05) is 0 Å². The largest absolute Gasteiger partial charge is 0.314 e. The van der Waals surface area contributed by atoms with E-state index in [2.05, 4.69) is 58.7 Å². The molecule has 2 nitrogen and oxygen atoms in total. The summed E-state index contributed by atoms with van der Waals surface area (Å²) in [5, 5.41) is 9.11. The van der Waals surface area contributed by atoms with Crippen molar-refractivity contribution in [3.8, 4) is 0 Å². The van der Waals surface area contributed by atoms with Gasteiger partial charge in [-0.3, -0.25) is 4.90 Å². The zero-order chi connectivity index (χ0) is 15.9. The lowest BCUT2D eigenvalue weighted by Crippen LogP contribution is -2.50. The van der Waals surface area contributed by atoms with Crippen molar-refractivity contribution >= 4 is 21.5 Å². The van der Waals surface area contributed by atoms with Crippen molar-refractivity contribution in [2.45, 2.75) is 25.3 Å². The van der Waals surface area contributed by atoms with E-state index in [9.17, 15) is 0 Å². The first-order valence-corrected chi connectivity index (χ1v) is 9.27. The maximum Gasteiger partial charge on any atom is 0.0140 e. The molecule has 122 valence electrons. The molecule has 0 radical (unpaired) electrons. The molecule has 5 rings (SSSR count). The van der Waals surface area contributed by atoms with Gasteiger partial charge in [-0.1, -0.05) is 48.5 Å². The minimum Gasteiger partial charge on any atom is -0.314 e. The van der Waals surface area contributed by atoms with Gasteiger partial charge in [-0.15, -0.1) is 0 Å². The second-order valence-corrected chi connectivity index (χ2v) is 7.27. The molecule has 2 heteroatoms. The van der Waals surface area contributed by atoms with Crippen molar-refractivity contribution in [3.63, 3.8) is 0 Å². The van der Waals surface area contributed by atoms with Gasteiger partial charge in [0.2, 0.25) is 0 Å².